The van der Waals surface area contributed by atoms with Crippen molar-refractivity contribution in [2.75, 3.05) is 5.33 Å². The normalized spacial score (nSPS) is 14.4. The maximum atomic E-state index is 12.4. The molecule has 1 aromatic rings. The molecule has 1 aromatic carbocycles. The van der Waals surface area contributed by atoms with E-state index in [0.29, 0.717) is 4.90 Å². The van der Waals surface area contributed by atoms with Crippen molar-refractivity contribution in [3.05, 3.63) is 29.8 Å². The highest BCUT2D eigenvalue weighted by molar-refractivity contribution is 9.09. The third kappa shape index (κ3) is 4.89. The summed E-state index contributed by atoms with van der Waals surface area (Å²) < 4.78 is 27.6. The summed E-state index contributed by atoms with van der Waals surface area (Å²) in [4.78, 5) is 0.330. The maximum absolute atomic E-state index is 12.4. The van der Waals surface area contributed by atoms with Gasteiger partial charge in [0.05, 0.1) is 4.90 Å². The fraction of sp³-hybridized carbons (Fsp3) is 0.571. The Morgan fingerprint density at radius 1 is 1.32 bits per heavy atom. The minimum atomic E-state index is -3.46. The van der Waals surface area contributed by atoms with Crippen LogP contribution >= 0.6 is 15.9 Å². The summed E-state index contributed by atoms with van der Waals surface area (Å²) in [6.45, 7) is 8.01. The molecule has 1 rings (SSSR count). The van der Waals surface area contributed by atoms with Gasteiger partial charge in [0.25, 0.3) is 0 Å². The van der Waals surface area contributed by atoms with Crippen LogP contribution in [-0.2, 0) is 10.0 Å². The molecule has 1 unspecified atom stereocenters. The monoisotopic (exact) mass is 347 g/mol. The van der Waals surface area contributed by atoms with E-state index in [1.165, 1.54) is 0 Å². The fourth-order valence-electron chi connectivity index (χ4n) is 1.82. The maximum Gasteiger partial charge on any atom is 0.240 e. The summed E-state index contributed by atoms with van der Waals surface area (Å²) in [6, 6.07) is 6.87. The minimum Gasteiger partial charge on any atom is -0.208 e. The fourth-order valence-corrected chi connectivity index (χ4v) is 3.85. The molecule has 0 fully saturated rings. The Bertz CT molecular complexity index is 520. The third-order valence-electron chi connectivity index (χ3n) is 3.04. The summed E-state index contributed by atoms with van der Waals surface area (Å²) >= 11 is 3.38. The van der Waals surface area contributed by atoms with Gasteiger partial charge in [0, 0.05) is 11.4 Å². The van der Waals surface area contributed by atoms with Crippen LogP contribution in [0.15, 0.2) is 29.2 Å². The van der Waals surface area contributed by atoms with E-state index in [1.807, 2.05) is 33.8 Å². The number of sulfonamides is 1. The lowest BCUT2D eigenvalue weighted by molar-refractivity contribution is 0.293. The number of halogens is 1. The van der Waals surface area contributed by atoms with E-state index in [0.717, 1.165) is 17.3 Å². The minimum absolute atomic E-state index is 0.0996. The van der Waals surface area contributed by atoms with Gasteiger partial charge in [0.1, 0.15) is 0 Å². The molecular formula is C14H22BrNO2S. The van der Waals surface area contributed by atoms with Crippen molar-refractivity contribution in [2.45, 2.75) is 45.1 Å². The number of aryl methyl sites for hydroxylation is 1. The average molecular weight is 348 g/mol. The topological polar surface area (TPSA) is 46.2 Å². The summed E-state index contributed by atoms with van der Waals surface area (Å²) in [5, 5.41) is 0.769. The van der Waals surface area contributed by atoms with E-state index in [-0.39, 0.29) is 11.5 Å². The van der Waals surface area contributed by atoms with Gasteiger partial charge in [-0.2, -0.15) is 0 Å². The zero-order valence-electron chi connectivity index (χ0n) is 11.9. The van der Waals surface area contributed by atoms with Crippen LogP contribution in [0.5, 0.6) is 0 Å². The first-order valence-corrected chi connectivity index (χ1v) is 8.92. The van der Waals surface area contributed by atoms with Crippen molar-refractivity contribution < 1.29 is 8.42 Å². The van der Waals surface area contributed by atoms with Crippen LogP contribution in [0.3, 0.4) is 0 Å². The summed E-state index contributed by atoms with van der Waals surface area (Å²) in [5.74, 6) is 0. The highest BCUT2D eigenvalue weighted by atomic mass is 79.9. The van der Waals surface area contributed by atoms with E-state index in [2.05, 4.69) is 20.7 Å². The zero-order chi connectivity index (χ0) is 14.7. The third-order valence-corrected chi connectivity index (χ3v) is 4.97. The second-order valence-electron chi connectivity index (χ2n) is 5.83. The van der Waals surface area contributed by atoms with Crippen LogP contribution in [0, 0.1) is 12.3 Å². The van der Waals surface area contributed by atoms with Crippen LogP contribution in [0.1, 0.15) is 32.8 Å². The Balaban J connectivity index is 3.01. The predicted octanol–water partition coefficient (Wildman–Crippen LogP) is 3.47. The Labute approximate surface area is 125 Å². The highest BCUT2D eigenvalue weighted by Gasteiger charge is 2.29. The Morgan fingerprint density at radius 3 is 2.42 bits per heavy atom. The van der Waals surface area contributed by atoms with Gasteiger partial charge in [-0.25, -0.2) is 13.1 Å². The van der Waals surface area contributed by atoms with Gasteiger partial charge in [0.15, 0.2) is 0 Å². The first-order valence-electron chi connectivity index (χ1n) is 6.32. The molecule has 1 atom stereocenters. The molecule has 0 aromatic heterocycles. The molecule has 0 aliphatic carbocycles. The lowest BCUT2D eigenvalue weighted by Gasteiger charge is -2.30. The highest BCUT2D eigenvalue weighted by Crippen LogP contribution is 2.24. The van der Waals surface area contributed by atoms with Crippen molar-refractivity contribution in [1.29, 1.82) is 0 Å². The molecule has 0 spiro atoms. The van der Waals surface area contributed by atoms with Crippen molar-refractivity contribution in [1.82, 2.24) is 4.72 Å². The number of alkyl halides is 1. The number of hydrogen-bond acceptors (Lipinski definition) is 2. The smallest absolute Gasteiger partial charge is 0.208 e. The molecule has 1 N–H and O–H groups in total. The molecule has 0 saturated heterocycles. The van der Waals surface area contributed by atoms with Crippen LogP contribution in [0.4, 0.5) is 0 Å². The number of hydrogen-bond donors (Lipinski definition) is 1. The van der Waals surface area contributed by atoms with Crippen molar-refractivity contribution >= 4 is 26.0 Å². The molecule has 0 amide bonds. The second kappa shape index (κ2) is 6.37. The van der Waals surface area contributed by atoms with Gasteiger partial charge in [-0.3, -0.25) is 0 Å². The van der Waals surface area contributed by atoms with Gasteiger partial charge < -0.3 is 0 Å². The molecule has 0 bridgehead atoms. The van der Waals surface area contributed by atoms with Gasteiger partial charge in [-0.1, -0.05) is 48.8 Å². The first kappa shape index (κ1) is 16.7. The average Bonchev–Trinajstić information content (AvgIpc) is 2.27. The van der Waals surface area contributed by atoms with Gasteiger partial charge in [-0.15, -0.1) is 0 Å². The van der Waals surface area contributed by atoms with Crippen LogP contribution in [-0.4, -0.2) is 19.8 Å². The molecule has 0 aliphatic rings. The standard InChI is InChI=1S/C14H22BrNO2S/c1-11-6-5-7-12(10-11)19(17,18)16-13(8-9-15)14(2,3)4/h5-7,10,13,16H,8-9H2,1-4H3. The van der Waals surface area contributed by atoms with E-state index >= 15 is 0 Å². The summed E-state index contributed by atoms with van der Waals surface area (Å²) in [5.41, 5.74) is 0.820. The van der Waals surface area contributed by atoms with Gasteiger partial charge in [0.2, 0.25) is 10.0 Å². The number of benzene rings is 1. The number of rotatable bonds is 5. The molecule has 0 aliphatic heterocycles. The van der Waals surface area contributed by atoms with Crippen LogP contribution in [0.25, 0.3) is 0 Å². The Hall–Kier alpha value is -0.390. The van der Waals surface area contributed by atoms with Crippen LogP contribution < -0.4 is 4.72 Å². The Kier molecular flexibility index (Phi) is 5.59. The van der Waals surface area contributed by atoms with Crippen LogP contribution in [0.2, 0.25) is 0 Å². The molecule has 3 nitrogen and oxygen atoms in total. The zero-order valence-corrected chi connectivity index (χ0v) is 14.3. The SMILES string of the molecule is Cc1cccc(S(=O)(=O)NC(CCBr)C(C)(C)C)c1. The first-order chi connectivity index (χ1) is 8.66. The summed E-state index contributed by atoms with van der Waals surface area (Å²) in [7, 11) is -3.46. The molecule has 0 heterocycles. The van der Waals surface area contributed by atoms with E-state index in [4.69, 9.17) is 0 Å². The predicted molar refractivity (Wildman–Crippen MR) is 83.2 cm³/mol. The largest absolute Gasteiger partial charge is 0.240 e. The molecular weight excluding hydrogens is 326 g/mol. The molecule has 19 heavy (non-hydrogen) atoms. The summed E-state index contributed by atoms with van der Waals surface area (Å²) in [6.07, 6.45) is 0.758. The van der Waals surface area contributed by atoms with E-state index < -0.39 is 10.0 Å². The second-order valence-corrected chi connectivity index (χ2v) is 8.34. The molecule has 5 heteroatoms. The lowest BCUT2D eigenvalue weighted by Crippen LogP contribution is -2.43. The lowest BCUT2D eigenvalue weighted by atomic mass is 9.86. The van der Waals surface area contributed by atoms with E-state index in [1.54, 1.807) is 18.2 Å². The van der Waals surface area contributed by atoms with Crippen molar-refractivity contribution in [2.24, 2.45) is 5.41 Å². The quantitative estimate of drug-likeness (QED) is 0.828. The molecule has 0 radical (unpaired) electrons. The van der Waals surface area contributed by atoms with E-state index in [9.17, 15) is 8.42 Å². The van der Waals surface area contributed by atoms with Gasteiger partial charge in [-0.05, 0) is 36.5 Å². The van der Waals surface area contributed by atoms with Crippen molar-refractivity contribution in [3.63, 3.8) is 0 Å². The van der Waals surface area contributed by atoms with Gasteiger partial charge >= 0.3 is 0 Å². The number of nitrogens with one attached hydrogen (secondary N) is 1. The van der Waals surface area contributed by atoms with Crippen molar-refractivity contribution in [3.8, 4) is 0 Å². The Morgan fingerprint density at radius 2 is 1.95 bits per heavy atom. The molecule has 0 saturated carbocycles. The molecule has 108 valence electrons.